The molecule has 0 radical (unpaired) electrons. The van der Waals surface area contributed by atoms with Crippen molar-refractivity contribution in [2.45, 2.75) is 38.5 Å². The van der Waals surface area contributed by atoms with Crippen LogP contribution >= 0.6 is 0 Å². The van der Waals surface area contributed by atoms with Gasteiger partial charge in [0.15, 0.2) is 0 Å². The molecule has 0 bridgehead atoms. The van der Waals surface area contributed by atoms with Crippen LogP contribution in [0.2, 0.25) is 0 Å². The number of hydrogen-bond acceptors (Lipinski definition) is 5. The van der Waals surface area contributed by atoms with Crippen molar-refractivity contribution in [1.82, 2.24) is 15.0 Å². The van der Waals surface area contributed by atoms with E-state index in [-0.39, 0.29) is 12.7 Å². The molecule has 0 aromatic carbocycles. The maximum Gasteiger partial charge on any atom is 0.116 e. The van der Waals surface area contributed by atoms with E-state index >= 15 is 0 Å². The fourth-order valence-corrected chi connectivity index (χ4v) is 2.04. The van der Waals surface area contributed by atoms with Gasteiger partial charge in [0.05, 0.1) is 18.8 Å². The van der Waals surface area contributed by atoms with Gasteiger partial charge in [-0.15, -0.1) is 5.10 Å². The third-order valence-electron chi connectivity index (χ3n) is 2.86. The molecule has 1 unspecified atom stereocenters. The standard InChI is InChI=1S/C10H18N4O2/c11-7-8-10(9-3-1-2-6-16-9)12-13-14(8)4-5-15/h9,15H,1-7,11H2. The van der Waals surface area contributed by atoms with Crippen molar-refractivity contribution < 1.29 is 9.84 Å². The molecule has 1 aromatic heterocycles. The van der Waals surface area contributed by atoms with Gasteiger partial charge in [0.1, 0.15) is 11.8 Å². The molecule has 3 N–H and O–H groups in total. The van der Waals surface area contributed by atoms with Crippen LogP contribution in [0, 0.1) is 0 Å². The summed E-state index contributed by atoms with van der Waals surface area (Å²) in [7, 11) is 0. The molecule has 1 saturated heterocycles. The molecule has 1 atom stereocenters. The molecule has 0 saturated carbocycles. The van der Waals surface area contributed by atoms with Crippen LogP contribution in [-0.4, -0.2) is 33.3 Å². The number of hydrogen-bond donors (Lipinski definition) is 2. The minimum atomic E-state index is 0.0275. The first kappa shape index (κ1) is 11.5. The molecule has 2 rings (SSSR count). The molecule has 6 heteroatoms. The molecule has 1 aromatic rings. The molecular weight excluding hydrogens is 208 g/mol. The van der Waals surface area contributed by atoms with Crippen LogP contribution in [0.4, 0.5) is 0 Å². The number of nitrogens with zero attached hydrogens (tertiary/aromatic N) is 3. The monoisotopic (exact) mass is 226 g/mol. The van der Waals surface area contributed by atoms with Gasteiger partial charge in [0, 0.05) is 13.2 Å². The molecular formula is C10H18N4O2. The maximum atomic E-state index is 8.90. The Balaban J connectivity index is 2.18. The summed E-state index contributed by atoms with van der Waals surface area (Å²) in [6.45, 7) is 1.64. The van der Waals surface area contributed by atoms with E-state index in [9.17, 15) is 0 Å². The summed E-state index contributed by atoms with van der Waals surface area (Å²) in [4.78, 5) is 0. The summed E-state index contributed by atoms with van der Waals surface area (Å²) < 4.78 is 7.32. The van der Waals surface area contributed by atoms with Crippen LogP contribution in [-0.2, 0) is 17.8 Å². The van der Waals surface area contributed by atoms with E-state index in [0.29, 0.717) is 13.1 Å². The van der Waals surface area contributed by atoms with E-state index < -0.39 is 0 Å². The van der Waals surface area contributed by atoms with Crippen LogP contribution in [0.1, 0.15) is 36.8 Å². The molecule has 0 aliphatic carbocycles. The topological polar surface area (TPSA) is 86.2 Å². The van der Waals surface area contributed by atoms with E-state index in [1.807, 2.05) is 0 Å². The second-order valence-corrected chi connectivity index (χ2v) is 3.93. The van der Waals surface area contributed by atoms with Gasteiger partial charge in [0.2, 0.25) is 0 Å². The number of rotatable bonds is 4. The highest BCUT2D eigenvalue weighted by atomic mass is 16.5. The average Bonchev–Trinajstić information content (AvgIpc) is 2.73. The quantitative estimate of drug-likeness (QED) is 0.753. The molecule has 6 nitrogen and oxygen atoms in total. The molecule has 1 aliphatic heterocycles. The highest BCUT2D eigenvalue weighted by Gasteiger charge is 2.23. The van der Waals surface area contributed by atoms with Crippen molar-refractivity contribution in [1.29, 1.82) is 0 Å². The predicted molar refractivity (Wildman–Crippen MR) is 57.5 cm³/mol. The van der Waals surface area contributed by atoms with Crippen LogP contribution < -0.4 is 5.73 Å². The number of ether oxygens (including phenoxy) is 1. The van der Waals surface area contributed by atoms with Crippen LogP contribution in [0.15, 0.2) is 0 Å². The van der Waals surface area contributed by atoms with Crippen LogP contribution in [0.25, 0.3) is 0 Å². The Bertz CT molecular complexity index is 334. The van der Waals surface area contributed by atoms with Crippen LogP contribution in [0.3, 0.4) is 0 Å². The first-order valence-corrected chi connectivity index (χ1v) is 5.71. The van der Waals surface area contributed by atoms with Crippen molar-refractivity contribution in [3.8, 4) is 0 Å². The summed E-state index contributed by atoms with van der Waals surface area (Å²) in [5.74, 6) is 0. The lowest BCUT2D eigenvalue weighted by Crippen LogP contribution is -2.17. The Morgan fingerprint density at radius 2 is 2.38 bits per heavy atom. The van der Waals surface area contributed by atoms with Crippen LogP contribution in [0.5, 0.6) is 0 Å². The minimum Gasteiger partial charge on any atom is -0.394 e. The van der Waals surface area contributed by atoms with Gasteiger partial charge in [0.25, 0.3) is 0 Å². The Morgan fingerprint density at radius 1 is 1.50 bits per heavy atom. The zero-order valence-corrected chi connectivity index (χ0v) is 9.30. The van der Waals surface area contributed by atoms with Gasteiger partial charge in [-0.1, -0.05) is 5.21 Å². The summed E-state index contributed by atoms with van der Waals surface area (Å²) in [6, 6.07) is 0. The molecule has 16 heavy (non-hydrogen) atoms. The van der Waals surface area contributed by atoms with Gasteiger partial charge in [-0.2, -0.15) is 0 Å². The molecule has 1 aliphatic rings. The van der Waals surface area contributed by atoms with Crippen molar-refractivity contribution in [3.63, 3.8) is 0 Å². The van der Waals surface area contributed by atoms with Gasteiger partial charge in [-0.25, -0.2) is 4.68 Å². The fraction of sp³-hybridized carbons (Fsp3) is 0.800. The molecule has 0 spiro atoms. The molecule has 2 heterocycles. The van der Waals surface area contributed by atoms with Gasteiger partial charge < -0.3 is 15.6 Å². The molecule has 0 amide bonds. The van der Waals surface area contributed by atoms with Crippen molar-refractivity contribution >= 4 is 0 Å². The summed E-state index contributed by atoms with van der Waals surface area (Å²) >= 11 is 0. The predicted octanol–water partition coefficient (Wildman–Crippen LogP) is -0.0293. The average molecular weight is 226 g/mol. The largest absolute Gasteiger partial charge is 0.394 e. The highest BCUT2D eigenvalue weighted by molar-refractivity contribution is 5.13. The fourth-order valence-electron chi connectivity index (χ4n) is 2.04. The van der Waals surface area contributed by atoms with E-state index in [1.54, 1.807) is 4.68 Å². The second kappa shape index (κ2) is 5.38. The van der Waals surface area contributed by atoms with E-state index in [0.717, 1.165) is 37.3 Å². The lowest BCUT2D eigenvalue weighted by molar-refractivity contribution is 0.0117. The van der Waals surface area contributed by atoms with E-state index in [2.05, 4.69) is 10.3 Å². The summed E-state index contributed by atoms with van der Waals surface area (Å²) in [5, 5.41) is 17.0. The van der Waals surface area contributed by atoms with Gasteiger partial charge in [-0.05, 0) is 19.3 Å². The number of nitrogens with two attached hydrogens (primary N) is 1. The third-order valence-corrected chi connectivity index (χ3v) is 2.86. The SMILES string of the molecule is NCc1c(C2CCCCO2)nnn1CCO. The van der Waals surface area contributed by atoms with Gasteiger partial charge in [-0.3, -0.25) is 0 Å². The number of aromatic nitrogens is 3. The molecule has 90 valence electrons. The number of aliphatic hydroxyl groups is 1. The van der Waals surface area contributed by atoms with Crippen molar-refractivity contribution in [2.24, 2.45) is 5.73 Å². The second-order valence-electron chi connectivity index (χ2n) is 3.93. The summed E-state index contributed by atoms with van der Waals surface area (Å²) in [6.07, 6.45) is 3.27. The highest BCUT2D eigenvalue weighted by Crippen LogP contribution is 2.28. The number of aliphatic hydroxyl groups excluding tert-OH is 1. The first-order valence-electron chi connectivity index (χ1n) is 5.71. The third kappa shape index (κ3) is 2.23. The zero-order chi connectivity index (χ0) is 11.4. The summed E-state index contributed by atoms with van der Waals surface area (Å²) in [5.41, 5.74) is 7.41. The van der Waals surface area contributed by atoms with E-state index in [1.165, 1.54) is 0 Å². The lowest BCUT2D eigenvalue weighted by Gasteiger charge is -2.21. The minimum absolute atomic E-state index is 0.0275. The zero-order valence-electron chi connectivity index (χ0n) is 9.30. The Kier molecular flexibility index (Phi) is 3.87. The smallest absolute Gasteiger partial charge is 0.116 e. The Labute approximate surface area is 94.4 Å². The Morgan fingerprint density at radius 3 is 3.00 bits per heavy atom. The normalized spacial score (nSPS) is 21.2. The van der Waals surface area contributed by atoms with Crippen molar-refractivity contribution in [2.75, 3.05) is 13.2 Å². The van der Waals surface area contributed by atoms with Gasteiger partial charge >= 0.3 is 0 Å². The van der Waals surface area contributed by atoms with E-state index in [4.69, 9.17) is 15.6 Å². The first-order chi connectivity index (χ1) is 7.86. The van der Waals surface area contributed by atoms with Crippen molar-refractivity contribution in [3.05, 3.63) is 11.4 Å². The molecule has 1 fully saturated rings. The maximum absolute atomic E-state index is 8.90. The Hall–Kier alpha value is -0.980. The lowest BCUT2D eigenvalue weighted by atomic mass is 10.0.